The Bertz CT molecular complexity index is 986. The van der Waals surface area contributed by atoms with Crippen LogP contribution in [-0.2, 0) is 29.7 Å². The third-order valence-electron chi connectivity index (χ3n) is 5.31. The standard InChI is InChI=1S/C17H17ClF3N3O2S/c1-23-14-9-11-3-2-4-13(15(14)16(22-23)17(19,20)21)24(11)27(25,26)12-7-5-10(18)6-8-12/h5-8,11,13H,2-4,9H2,1H3. The van der Waals surface area contributed by atoms with Gasteiger partial charge in [-0.1, -0.05) is 11.6 Å². The first-order valence-electron chi connectivity index (χ1n) is 8.53. The first-order chi connectivity index (χ1) is 12.6. The van der Waals surface area contributed by atoms with Crippen LogP contribution in [0, 0.1) is 0 Å². The molecule has 0 saturated carbocycles. The van der Waals surface area contributed by atoms with Crippen LogP contribution in [0.2, 0.25) is 5.02 Å². The molecule has 10 heteroatoms. The van der Waals surface area contributed by atoms with Crippen LogP contribution in [0.15, 0.2) is 29.2 Å². The van der Waals surface area contributed by atoms with Gasteiger partial charge in [0, 0.05) is 35.8 Å². The number of benzene rings is 1. The van der Waals surface area contributed by atoms with Gasteiger partial charge in [0.2, 0.25) is 10.0 Å². The number of piperidine rings is 1. The van der Waals surface area contributed by atoms with Crippen molar-refractivity contribution in [2.45, 2.75) is 48.8 Å². The van der Waals surface area contributed by atoms with Gasteiger partial charge in [-0.15, -0.1) is 0 Å². The fraction of sp³-hybridized carbons (Fsp3) is 0.471. The lowest BCUT2D eigenvalue weighted by Crippen LogP contribution is -2.50. The normalized spacial score (nSPS) is 23.3. The van der Waals surface area contributed by atoms with Gasteiger partial charge >= 0.3 is 6.18 Å². The molecule has 1 fully saturated rings. The highest BCUT2D eigenvalue weighted by Gasteiger charge is 2.50. The number of hydrogen-bond acceptors (Lipinski definition) is 3. The maximum atomic E-state index is 13.5. The van der Waals surface area contributed by atoms with E-state index in [1.807, 2.05) is 0 Å². The third kappa shape index (κ3) is 2.96. The smallest absolute Gasteiger partial charge is 0.272 e. The van der Waals surface area contributed by atoms with Gasteiger partial charge in [0.25, 0.3) is 0 Å². The van der Waals surface area contributed by atoms with Crippen LogP contribution in [0.3, 0.4) is 0 Å². The van der Waals surface area contributed by atoms with Gasteiger partial charge in [-0.05, 0) is 43.5 Å². The number of rotatable bonds is 2. The predicted molar refractivity (Wildman–Crippen MR) is 92.8 cm³/mol. The molecule has 2 aromatic rings. The molecule has 146 valence electrons. The van der Waals surface area contributed by atoms with Gasteiger partial charge < -0.3 is 0 Å². The van der Waals surface area contributed by atoms with E-state index in [1.54, 1.807) is 0 Å². The molecule has 0 N–H and O–H groups in total. The van der Waals surface area contributed by atoms with Gasteiger partial charge in [0.1, 0.15) is 0 Å². The molecule has 0 amide bonds. The molecule has 0 spiro atoms. The maximum Gasteiger partial charge on any atom is 0.435 e. The van der Waals surface area contributed by atoms with Crippen molar-refractivity contribution in [1.29, 1.82) is 0 Å². The monoisotopic (exact) mass is 419 g/mol. The van der Waals surface area contributed by atoms with Crippen molar-refractivity contribution in [2.24, 2.45) is 7.05 Å². The largest absolute Gasteiger partial charge is 0.435 e. The number of fused-ring (bicyclic) bond motifs is 4. The molecule has 2 bridgehead atoms. The van der Waals surface area contributed by atoms with Crippen LogP contribution in [0.5, 0.6) is 0 Å². The van der Waals surface area contributed by atoms with Crippen molar-refractivity contribution in [3.05, 3.63) is 46.2 Å². The number of nitrogens with zero attached hydrogens (tertiary/aromatic N) is 3. The SMILES string of the molecule is Cn1nc(C(F)(F)F)c2c1CC1CCCC2N1S(=O)(=O)c1ccc(Cl)cc1. The molecule has 2 unspecified atom stereocenters. The number of alkyl halides is 3. The quantitative estimate of drug-likeness (QED) is 0.741. The van der Waals surface area contributed by atoms with Gasteiger partial charge in [0.15, 0.2) is 5.69 Å². The molecule has 3 heterocycles. The average molecular weight is 420 g/mol. The molecule has 2 aliphatic heterocycles. The summed E-state index contributed by atoms with van der Waals surface area (Å²) < 4.78 is 69.7. The van der Waals surface area contributed by atoms with Gasteiger partial charge in [-0.2, -0.15) is 22.6 Å². The van der Waals surface area contributed by atoms with Gasteiger partial charge in [-0.3, -0.25) is 4.68 Å². The van der Waals surface area contributed by atoms with Crippen LogP contribution >= 0.6 is 11.6 Å². The average Bonchev–Trinajstić information content (AvgIpc) is 2.92. The second kappa shape index (κ2) is 6.22. The highest BCUT2D eigenvalue weighted by atomic mass is 35.5. The Balaban J connectivity index is 1.87. The fourth-order valence-electron chi connectivity index (χ4n) is 4.21. The summed E-state index contributed by atoms with van der Waals surface area (Å²) in [5.41, 5.74) is -0.514. The van der Waals surface area contributed by atoms with E-state index in [9.17, 15) is 21.6 Å². The van der Waals surface area contributed by atoms with Crippen molar-refractivity contribution in [2.75, 3.05) is 0 Å². The Hall–Kier alpha value is -1.58. The summed E-state index contributed by atoms with van der Waals surface area (Å²) in [5, 5.41) is 4.07. The molecule has 27 heavy (non-hydrogen) atoms. The second-order valence-electron chi connectivity index (χ2n) is 6.92. The highest BCUT2D eigenvalue weighted by molar-refractivity contribution is 7.89. The van der Waals surface area contributed by atoms with Crippen LogP contribution in [0.1, 0.15) is 42.3 Å². The van der Waals surface area contributed by atoms with Gasteiger partial charge in [0.05, 0.1) is 10.9 Å². The van der Waals surface area contributed by atoms with Crippen LogP contribution in [-0.4, -0.2) is 28.5 Å². The van der Waals surface area contributed by atoms with Crippen molar-refractivity contribution in [3.8, 4) is 0 Å². The van der Waals surface area contributed by atoms with E-state index in [-0.39, 0.29) is 22.9 Å². The molecular formula is C17H17ClF3N3O2S. The maximum absolute atomic E-state index is 13.5. The summed E-state index contributed by atoms with van der Waals surface area (Å²) in [6, 6.07) is 4.45. The summed E-state index contributed by atoms with van der Waals surface area (Å²) in [6.45, 7) is 0. The molecule has 0 aliphatic carbocycles. The number of aromatic nitrogens is 2. The topological polar surface area (TPSA) is 55.2 Å². The van der Waals surface area contributed by atoms with Crippen LogP contribution in [0.4, 0.5) is 13.2 Å². The summed E-state index contributed by atoms with van der Waals surface area (Å²) >= 11 is 5.84. The molecule has 2 aliphatic rings. The highest BCUT2D eigenvalue weighted by Crippen LogP contribution is 2.48. The second-order valence-corrected chi connectivity index (χ2v) is 9.20. The molecule has 0 radical (unpaired) electrons. The Kier molecular flexibility index (Phi) is 4.32. The summed E-state index contributed by atoms with van der Waals surface area (Å²) in [7, 11) is -2.48. The van der Waals surface area contributed by atoms with Crippen molar-refractivity contribution >= 4 is 21.6 Å². The number of sulfonamides is 1. The van der Waals surface area contributed by atoms with Crippen molar-refractivity contribution in [3.63, 3.8) is 0 Å². The Morgan fingerprint density at radius 3 is 2.48 bits per heavy atom. The minimum absolute atomic E-state index is 0.00140. The lowest BCUT2D eigenvalue weighted by atomic mass is 9.84. The molecule has 4 rings (SSSR count). The number of aryl methyl sites for hydroxylation is 1. The lowest BCUT2D eigenvalue weighted by Gasteiger charge is -2.45. The number of hydrogen-bond donors (Lipinski definition) is 0. The first kappa shape index (κ1) is 18.8. The van der Waals surface area contributed by atoms with E-state index in [0.29, 0.717) is 30.0 Å². The van der Waals surface area contributed by atoms with E-state index in [1.165, 1.54) is 40.3 Å². The molecule has 1 saturated heterocycles. The molecule has 2 atom stereocenters. The zero-order chi connectivity index (χ0) is 19.6. The minimum Gasteiger partial charge on any atom is -0.272 e. The summed E-state index contributed by atoms with van der Waals surface area (Å²) in [6.07, 6.45) is -2.79. The predicted octanol–water partition coefficient (Wildman–Crippen LogP) is 3.93. The van der Waals surface area contributed by atoms with Gasteiger partial charge in [-0.25, -0.2) is 8.42 Å². The van der Waals surface area contributed by atoms with Crippen LogP contribution in [0.25, 0.3) is 0 Å². The van der Waals surface area contributed by atoms with E-state index >= 15 is 0 Å². The summed E-state index contributed by atoms with van der Waals surface area (Å²) in [4.78, 5) is 0.0321. The van der Waals surface area contributed by atoms with E-state index < -0.39 is 27.9 Å². The minimum atomic E-state index is -4.63. The van der Waals surface area contributed by atoms with E-state index in [2.05, 4.69) is 5.10 Å². The van der Waals surface area contributed by atoms with E-state index in [0.717, 1.165) is 0 Å². The Labute approximate surface area is 159 Å². The van der Waals surface area contributed by atoms with Crippen molar-refractivity contribution in [1.82, 2.24) is 14.1 Å². The molecule has 1 aromatic heterocycles. The van der Waals surface area contributed by atoms with E-state index in [4.69, 9.17) is 11.6 Å². The zero-order valence-electron chi connectivity index (χ0n) is 14.4. The van der Waals surface area contributed by atoms with Crippen LogP contribution < -0.4 is 0 Å². The fourth-order valence-corrected chi connectivity index (χ4v) is 6.18. The zero-order valence-corrected chi connectivity index (χ0v) is 15.9. The number of halogens is 4. The molecular weight excluding hydrogens is 403 g/mol. The Morgan fingerprint density at radius 1 is 1.19 bits per heavy atom. The molecule has 1 aromatic carbocycles. The Morgan fingerprint density at radius 2 is 1.85 bits per heavy atom. The van der Waals surface area contributed by atoms with Crippen molar-refractivity contribution < 1.29 is 21.6 Å². The lowest BCUT2D eigenvalue weighted by molar-refractivity contribution is -0.142. The summed E-state index contributed by atoms with van der Waals surface area (Å²) in [5.74, 6) is 0. The first-order valence-corrected chi connectivity index (χ1v) is 10.3. The third-order valence-corrected chi connectivity index (χ3v) is 7.54. The molecule has 5 nitrogen and oxygen atoms in total.